The predicted molar refractivity (Wildman–Crippen MR) is 107 cm³/mol. The molecule has 1 aromatic carbocycles. The number of furan rings is 1. The van der Waals surface area contributed by atoms with Crippen LogP contribution in [0.2, 0.25) is 0 Å². The van der Waals surface area contributed by atoms with E-state index in [9.17, 15) is 9.59 Å². The SMILES string of the molecule is O=C(/C=C/c1ccc(I)o1)Nc1ccccc1C(=O)NCC1CCCO1. The van der Waals surface area contributed by atoms with Gasteiger partial charge in [-0.3, -0.25) is 9.59 Å². The van der Waals surface area contributed by atoms with Crippen LogP contribution in [-0.4, -0.2) is 31.1 Å². The predicted octanol–water partition coefficient (Wildman–Crippen LogP) is 3.44. The molecule has 0 spiro atoms. The lowest BCUT2D eigenvalue weighted by Gasteiger charge is -2.13. The highest BCUT2D eigenvalue weighted by Gasteiger charge is 2.18. The number of amides is 2. The van der Waals surface area contributed by atoms with E-state index in [1.165, 1.54) is 6.08 Å². The molecule has 1 aliphatic heterocycles. The zero-order valence-electron chi connectivity index (χ0n) is 14.0. The highest BCUT2D eigenvalue weighted by molar-refractivity contribution is 14.1. The summed E-state index contributed by atoms with van der Waals surface area (Å²) in [4.78, 5) is 24.6. The molecule has 2 N–H and O–H groups in total. The Bertz CT molecular complexity index is 809. The summed E-state index contributed by atoms with van der Waals surface area (Å²) in [7, 11) is 0. The van der Waals surface area contributed by atoms with Crippen molar-refractivity contribution in [3.63, 3.8) is 0 Å². The first-order chi connectivity index (χ1) is 12.6. The van der Waals surface area contributed by atoms with E-state index in [1.54, 1.807) is 36.4 Å². The fraction of sp³-hybridized carbons (Fsp3) is 0.263. The van der Waals surface area contributed by atoms with Crippen molar-refractivity contribution in [1.29, 1.82) is 0 Å². The van der Waals surface area contributed by atoms with Gasteiger partial charge in [0.05, 0.1) is 17.4 Å². The molecule has 2 amide bonds. The summed E-state index contributed by atoms with van der Waals surface area (Å²) < 4.78 is 11.6. The average molecular weight is 466 g/mol. The van der Waals surface area contributed by atoms with Crippen LogP contribution in [0.1, 0.15) is 29.0 Å². The second-order valence-electron chi connectivity index (χ2n) is 5.86. The molecule has 3 rings (SSSR count). The number of ether oxygens (including phenoxy) is 1. The Morgan fingerprint density at radius 2 is 2.08 bits per heavy atom. The van der Waals surface area contributed by atoms with Crippen molar-refractivity contribution in [3.05, 3.63) is 57.6 Å². The molecule has 2 aromatic rings. The van der Waals surface area contributed by atoms with Gasteiger partial charge in [0, 0.05) is 19.2 Å². The zero-order chi connectivity index (χ0) is 18.4. The minimum absolute atomic E-state index is 0.0692. The van der Waals surface area contributed by atoms with Crippen LogP contribution in [0.25, 0.3) is 6.08 Å². The quantitative estimate of drug-likeness (QED) is 0.505. The smallest absolute Gasteiger partial charge is 0.253 e. The number of hydrogen-bond donors (Lipinski definition) is 2. The minimum Gasteiger partial charge on any atom is -0.451 e. The fourth-order valence-corrected chi connectivity index (χ4v) is 3.08. The van der Waals surface area contributed by atoms with Gasteiger partial charge in [0.1, 0.15) is 5.76 Å². The first-order valence-electron chi connectivity index (χ1n) is 8.35. The molecular weight excluding hydrogens is 447 g/mol. The molecule has 1 aliphatic rings. The van der Waals surface area contributed by atoms with Crippen molar-refractivity contribution in [3.8, 4) is 0 Å². The van der Waals surface area contributed by atoms with Crippen LogP contribution in [0.5, 0.6) is 0 Å². The fourth-order valence-electron chi connectivity index (χ4n) is 2.65. The number of rotatable bonds is 6. The van der Waals surface area contributed by atoms with Crippen LogP contribution < -0.4 is 10.6 Å². The largest absolute Gasteiger partial charge is 0.451 e. The Balaban J connectivity index is 1.61. The summed E-state index contributed by atoms with van der Waals surface area (Å²) in [6.07, 6.45) is 5.00. The van der Waals surface area contributed by atoms with Crippen molar-refractivity contribution in [2.75, 3.05) is 18.5 Å². The molecule has 1 unspecified atom stereocenters. The molecule has 1 atom stereocenters. The maximum atomic E-state index is 12.4. The molecule has 7 heteroatoms. The Kier molecular flexibility index (Phi) is 6.45. The van der Waals surface area contributed by atoms with Crippen LogP contribution in [0.4, 0.5) is 5.69 Å². The Labute approximate surface area is 165 Å². The van der Waals surface area contributed by atoms with Gasteiger partial charge in [-0.1, -0.05) is 12.1 Å². The van der Waals surface area contributed by atoms with Crippen LogP contribution in [0.3, 0.4) is 0 Å². The number of nitrogens with one attached hydrogen (secondary N) is 2. The Morgan fingerprint density at radius 1 is 1.23 bits per heavy atom. The van der Waals surface area contributed by atoms with Crippen molar-refractivity contribution < 1.29 is 18.7 Å². The number of hydrogen-bond acceptors (Lipinski definition) is 4. The third-order valence-corrected chi connectivity index (χ3v) is 4.52. The standard InChI is InChI=1S/C19H19IN2O4/c20-17-9-7-13(26-17)8-10-18(23)22-16-6-2-1-5-15(16)19(24)21-12-14-4-3-11-25-14/h1-2,5-10,14H,3-4,11-12H2,(H,21,24)(H,22,23)/b10-8+. The molecule has 2 heterocycles. The van der Waals surface area contributed by atoms with Crippen molar-refractivity contribution in [2.45, 2.75) is 18.9 Å². The van der Waals surface area contributed by atoms with Gasteiger partial charge in [-0.05, 0) is 65.8 Å². The van der Waals surface area contributed by atoms with Gasteiger partial charge >= 0.3 is 0 Å². The van der Waals surface area contributed by atoms with Crippen LogP contribution >= 0.6 is 22.6 Å². The van der Waals surface area contributed by atoms with Gasteiger partial charge in [-0.15, -0.1) is 0 Å². The first-order valence-corrected chi connectivity index (χ1v) is 9.43. The number of para-hydroxylation sites is 1. The van der Waals surface area contributed by atoms with E-state index in [4.69, 9.17) is 9.15 Å². The number of carbonyl (C=O) groups is 2. The number of anilines is 1. The van der Waals surface area contributed by atoms with E-state index in [1.807, 2.05) is 6.07 Å². The lowest BCUT2D eigenvalue weighted by atomic mass is 10.1. The molecule has 0 aliphatic carbocycles. The zero-order valence-corrected chi connectivity index (χ0v) is 16.2. The molecule has 26 heavy (non-hydrogen) atoms. The summed E-state index contributed by atoms with van der Waals surface area (Å²) >= 11 is 2.05. The maximum Gasteiger partial charge on any atom is 0.253 e. The van der Waals surface area contributed by atoms with Crippen molar-refractivity contribution in [1.82, 2.24) is 5.32 Å². The van der Waals surface area contributed by atoms with Crippen molar-refractivity contribution >= 4 is 46.2 Å². The molecule has 0 radical (unpaired) electrons. The topological polar surface area (TPSA) is 80.6 Å². The molecular formula is C19H19IN2O4. The summed E-state index contributed by atoms with van der Waals surface area (Å²) in [6, 6.07) is 10.5. The lowest BCUT2D eigenvalue weighted by molar-refractivity contribution is -0.111. The molecule has 0 saturated carbocycles. The maximum absolute atomic E-state index is 12.4. The van der Waals surface area contributed by atoms with E-state index in [0.717, 1.165) is 23.2 Å². The van der Waals surface area contributed by atoms with Crippen LogP contribution in [0, 0.1) is 3.77 Å². The molecule has 6 nitrogen and oxygen atoms in total. The van der Waals surface area contributed by atoms with Crippen molar-refractivity contribution in [2.24, 2.45) is 0 Å². The van der Waals surface area contributed by atoms with Crippen LogP contribution in [-0.2, 0) is 9.53 Å². The highest BCUT2D eigenvalue weighted by Crippen LogP contribution is 2.17. The molecule has 1 aromatic heterocycles. The van der Waals surface area contributed by atoms with Gasteiger partial charge < -0.3 is 19.8 Å². The third-order valence-electron chi connectivity index (χ3n) is 3.94. The number of benzene rings is 1. The molecule has 0 bridgehead atoms. The Morgan fingerprint density at radius 3 is 2.81 bits per heavy atom. The molecule has 136 valence electrons. The van der Waals surface area contributed by atoms with Gasteiger partial charge in [-0.25, -0.2) is 0 Å². The van der Waals surface area contributed by atoms with E-state index in [2.05, 4.69) is 33.2 Å². The van der Waals surface area contributed by atoms with Crippen LogP contribution in [0.15, 0.2) is 46.9 Å². The normalized spacial score (nSPS) is 16.7. The average Bonchev–Trinajstić information content (AvgIpc) is 3.30. The second-order valence-corrected chi connectivity index (χ2v) is 6.92. The Hall–Kier alpha value is -2.13. The van der Waals surface area contributed by atoms with Gasteiger partial charge in [0.15, 0.2) is 3.77 Å². The number of carbonyl (C=O) groups excluding carboxylic acids is 2. The summed E-state index contributed by atoms with van der Waals surface area (Å²) in [5, 5.41) is 5.60. The van der Waals surface area contributed by atoms with Gasteiger partial charge in [-0.2, -0.15) is 0 Å². The van der Waals surface area contributed by atoms with E-state index >= 15 is 0 Å². The van der Waals surface area contributed by atoms with E-state index in [0.29, 0.717) is 23.6 Å². The first kappa shape index (κ1) is 18.7. The van der Waals surface area contributed by atoms with Gasteiger partial charge in [0.2, 0.25) is 5.91 Å². The highest BCUT2D eigenvalue weighted by atomic mass is 127. The monoisotopic (exact) mass is 466 g/mol. The lowest BCUT2D eigenvalue weighted by Crippen LogP contribution is -2.32. The van der Waals surface area contributed by atoms with E-state index < -0.39 is 0 Å². The number of halogens is 1. The second kappa shape index (κ2) is 9.00. The molecule has 1 fully saturated rings. The summed E-state index contributed by atoms with van der Waals surface area (Å²) in [5.41, 5.74) is 0.876. The third kappa shape index (κ3) is 5.18. The summed E-state index contributed by atoms with van der Waals surface area (Å²) in [6.45, 7) is 1.21. The van der Waals surface area contributed by atoms with E-state index in [-0.39, 0.29) is 17.9 Å². The minimum atomic E-state index is -0.337. The summed E-state index contributed by atoms with van der Waals surface area (Å²) in [5.74, 6) is 0.0175. The van der Waals surface area contributed by atoms with Gasteiger partial charge in [0.25, 0.3) is 5.91 Å². The molecule has 1 saturated heterocycles.